The predicted molar refractivity (Wildman–Crippen MR) is 93.1 cm³/mol. The summed E-state index contributed by atoms with van der Waals surface area (Å²) >= 11 is 1.93. The Bertz CT molecular complexity index is 241. The van der Waals surface area contributed by atoms with E-state index < -0.39 is 0 Å². The normalized spacial score (nSPS) is 24.1. The van der Waals surface area contributed by atoms with E-state index in [4.69, 9.17) is 4.74 Å². The van der Waals surface area contributed by atoms with Crippen LogP contribution in [0.25, 0.3) is 0 Å². The second-order valence-electron chi connectivity index (χ2n) is 6.40. The van der Waals surface area contributed by atoms with Gasteiger partial charge in [-0.2, -0.15) is 11.8 Å². The molecule has 0 aromatic heterocycles. The Hall–Kier alpha value is 0.230. The van der Waals surface area contributed by atoms with Crippen LogP contribution in [0.4, 0.5) is 0 Å². The third kappa shape index (κ3) is 9.77. The lowest BCUT2D eigenvalue weighted by molar-refractivity contribution is -0.0451. The lowest BCUT2D eigenvalue weighted by Gasteiger charge is -2.29. The van der Waals surface area contributed by atoms with Crippen LogP contribution in [0.5, 0.6) is 0 Å². The Morgan fingerprint density at radius 3 is 2.71 bits per heavy atom. The minimum atomic E-state index is -0.365. The molecule has 1 fully saturated rings. The molecule has 3 nitrogen and oxygen atoms in total. The molecule has 0 aromatic rings. The van der Waals surface area contributed by atoms with E-state index in [1.54, 1.807) is 0 Å². The Labute approximate surface area is 135 Å². The first-order valence-corrected chi connectivity index (χ1v) is 10.1. The molecule has 1 saturated carbocycles. The smallest absolute Gasteiger partial charge is 0.0897 e. The Kier molecular flexibility index (Phi) is 11.7. The van der Waals surface area contributed by atoms with Gasteiger partial charge >= 0.3 is 0 Å². The first-order valence-electron chi connectivity index (χ1n) is 8.73. The zero-order valence-electron chi connectivity index (χ0n) is 14.0. The summed E-state index contributed by atoms with van der Waals surface area (Å²) in [6.07, 6.45) is 12.4. The van der Waals surface area contributed by atoms with Crippen LogP contribution in [-0.4, -0.2) is 49.0 Å². The van der Waals surface area contributed by atoms with Gasteiger partial charge in [0.25, 0.3) is 0 Å². The number of rotatable bonds is 12. The second-order valence-corrected chi connectivity index (χ2v) is 7.38. The van der Waals surface area contributed by atoms with E-state index >= 15 is 0 Å². The van der Waals surface area contributed by atoms with Crippen LogP contribution in [-0.2, 0) is 4.74 Å². The van der Waals surface area contributed by atoms with Crippen molar-refractivity contribution in [2.75, 3.05) is 31.7 Å². The van der Waals surface area contributed by atoms with Gasteiger partial charge in [-0.15, -0.1) is 0 Å². The number of nitrogens with one attached hydrogen (secondary N) is 1. The molecule has 0 bridgehead atoms. The van der Waals surface area contributed by atoms with E-state index in [0.29, 0.717) is 25.2 Å². The highest BCUT2D eigenvalue weighted by Gasteiger charge is 2.22. The molecule has 0 aromatic carbocycles. The van der Waals surface area contributed by atoms with Crippen LogP contribution in [0, 0.1) is 5.92 Å². The van der Waals surface area contributed by atoms with Gasteiger partial charge in [0.05, 0.1) is 18.8 Å². The number of hydrogen-bond acceptors (Lipinski definition) is 4. The van der Waals surface area contributed by atoms with Crippen molar-refractivity contribution in [3.05, 3.63) is 0 Å². The van der Waals surface area contributed by atoms with Crippen molar-refractivity contribution in [2.45, 2.75) is 70.5 Å². The monoisotopic (exact) mass is 317 g/mol. The molecule has 2 N–H and O–H groups in total. The molecular formula is C17H35NO2S. The summed E-state index contributed by atoms with van der Waals surface area (Å²) in [4.78, 5) is 0. The fourth-order valence-electron chi connectivity index (χ4n) is 2.94. The van der Waals surface area contributed by atoms with Gasteiger partial charge in [0.1, 0.15) is 0 Å². The molecule has 1 rings (SSSR count). The number of hydrogen-bond donors (Lipinski definition) is 2. The summed E-state index contributed by atoms with van der Waals surface area (Å²) in [6, 6.07) is 0. The van der Waals surface area contributed by atoms with E-state index in [-0.39, 0.29) is 6.10 Å². The summed E-state index contributed by atoms with van der Waals surface area (Å²) in [5, 5.41) is 13.3. The number of unbranched alkanes of at least 4 members (excludes halogenated alkanes) is 3. The highest BCUT2D eigenvalue weighted by atomic mass is 32.2. The Morgan fingerprint density at radius 1 is 1.19 bits per heavy atom. The van der Waals surface area contributed by atoms with Crippen LogP contribution < -0.4 is 5.32 Å². The van der Waals surface area contributed by atoms with Gasteiger partial charge in [0, 0.05) is 6.54 Å². The quantitative estimate of drug-likeness (QED) is 0.541. The number of ether oxygens (including phenoxy) is 1. The predicted octanol–water partition coefficient (Wildman–Crippen LogP) is 3.46. The average molecular weight is 318 g/mol. The number of thioether (sulfide) groups is 1. The van der Waals surface area contributed by atoms with Crippen LogP contribution >= 0.6 is 11.8 Å². The lowest BCUT2D eigenvalue weighted by Crippen LogP contribution is -2.34. The highest BCUT2D eigenvalue weighted by Crippen LogP contribution is 2.26. The van der Waals surface area contributed by atoms with Crippen molar-refractivity contribution in [3.63, 3.8) is 0 Å². The van der Waals surface area contributed by atoms with Gasteiger partial charge in [0.2, 0.25) is 0 Å². The third-order valence-electron chi connectivity index (χ3n) is 4.37. The van der Waals surface area contributed by atoms with Crippen molar-refractivity contribution < 1.29 is 9.84 Å². The lowest BCUT2D eigenvalue weighted by atomic mass is 9.88. The molecule has 4 heteroatoms. The standard InChI is InChI=1S/C17H35NO2S/c1-15-9-5-6-10-17(15)20-14-16(19)13-18-11-7-3-4-8-12-21-2/h15-19H,3-14H2,1-2H3. The van der Waals surface area contributed by atoms with Crippen LogP contribution in [0.3, 0.4) is 0 Å². The molecule has 126 valence electrons. The van der Waals surface area contributed by atoms with E-state index in [2.05, 4.69) is 18.5 Å². The maximum absolute atomic E-state index is 9.95. The van der Waals surface area contributed by atoms with Crippen molar-refractivity contribution in [1.29, 1.82) is 0 Å². The van der Waals surface area contributed by atoms with Gasteiger partial charge in [-0.1, -0.05) is 32.6 Å². The number of aliphatic hydroxyl groups is 1. The molecule has 0 saturated heterocycles. The molecule has 0 amide bonds. The maximum atomic E-state index is 9.95. The first kappa shape index (κ1) is 19.3. The van der Waals surface area contributed by atoms with Gasteiger partial charge in [-0.05, 0) is 50.2 Å². The van der Waals surface area contributed by atoms with Crippen molar-refractivity contribution >= 4 is 11.8 Å². The molecule has 0 spiro atoms. The summed E-state index contributed by atoms with van der Waals surface area (Å²) in [5.74, 6) is 1.93. The van der Waals surface area contributed by atoms with Crippen molar-refractivity contribution in [3.8, 4) is 0 Å². The van der Waals surface area contributed by atoms with E-state index in [9.17, 15) is 5.11 Å². The second kappa shape index (κ2) is 12.7. The zero-order valence-corrected chi connectivity index (χ0v) is 14.8. The molecule has 3 atom stereocenters. The molecule has 0 aliphatic heterocycles. The average Bonchev–Trinajstić information content (AvgIpc) is 2.49. The van der Waals surface area contributed by atoms with Crippen molar-refractivity contribution in [1.82, 2.24) is 5.32 Å². The van der Waals surface area contributed by atoms with Gasteiger partial charge in [0.15, 0.2) is 0 Å². The van der Waals surface area contributed by atoms with Gasteiger partial charge in [-0.3, -0.25) is 0 Å². The molecule has 0 radical (unpaired) electrons. The first-order chi connectivity index (χ1) is 10.2. The van der Waals surface area contributed by atoms with Crippen LogP contribution in [0.2, 0.25) is 0 Å². The summed E-state index contributed by atoms with van der Waals surface area (Å²) in [7, 11) is 0. The zero-order chi connectivity index (χ0) is 15.3. The minimum absolute atomic E-state index is 0.365. The van der Waals surface area contributed by atoms with Crippen LogP contribution in [0.15, 0.2) is 0 Å². The highest BCUT2D eigenvalue weighted by molar-refractivity contribution is 7.98. The van der Waals surface area contributed by atoms with Crippen LogP contribution in [0.1, 0.15) is 58.3 Å². The van der Waals surface area contributed by atoms with Crippen molar-refractivity contribution in [2.24, 2.45) is 5.92 Å². The van der Waals surface area contributed by atoms with E-state index in [1.807, 2.05) is 11.8 Å². The largest absolute Gasteiger partial charge is 0.389 e. The summed E-state index contributed by atoms with van der Waals surface area (Å²) < 4.78 is 5.89. The fourth-order valence-corrected chi connectivity index (χ4v) is 3.43. The summed E-state index contributed by atoms with van der Waals surface area (Å²) in [6.45, 7) is 4.42. The number of aliphatic hydroxyl groups excluding tert-OH is 1. The van der Waals surface area contributed by atoms with E-state index in [0.717, 1.165) is 13.0 Å². The Morgan fingerprint density at radius 2 is 1.95 bits per heavy atom. The van der Waals surface area contributed by atoms with E-state index in [1.165, 1.54) is 50.7 Å². The molecule has 21 heavy (non-hydrogen) atoms. The molecular weight excluding hydrogens is 282 g/mol. The van der Waals surface area contributed by atoms with Gasteiger partial charge < -0.3 is 15.2 Å². The third-order valence-corrected chi connectivity index (χ3v) is 5.06. The summed E-state index contributed by atoms with van der Waals surface area (Å²) in [5.41, 5.74) is 0. The Balaban J connectivity index is 1.90. The molecule has 1 aliphatic rings. The molecule has 0 heterocycles. The minimum Gasteiger partial charge on any atom is -0.389 e. The molecule has 1 aliphatic carbocycles. The maximum Gasteiger partial charge on any atom is 0.0897 e. The fraction of sp³-hybridized carbons (Fsp3) is 1.00. The SMILES string of the molecule is CSCCCCCCNCC(O)COC1CCCCC1C. The van der Waals surface area contributed by atoms with Gasteiger partial charge in [-0.25, -0.2) is 0 Å². The topological polar surface area (TPSA) is 41.5 Å². The molecule has 3 unspecified atom stereocenters.